The lowest BCUT2D eigenvalue weighted by molar-refractivity contribution is -0.116. The summed E-state index contributed by atoms with van der Waals surface area (Å²) in [6.45, 7) is 1.90. The van der Waals surface area contributed by atoms with Crippen molar-refractivity contribution in [1.29, 1.82) is 0 Å². The predicted molar refractivity (Wildman–Crippen MR) is 115 cm³/mol. The van der Waals surface area contributed by atoms with Crippen molar-refractivity contribution < 1.29 is 14.1 Å². The molecular weight excluding hydrogens is 400 g/mol. The fraction of sp³-hybridized carbons (Fsp3) is 0.250. The van der Waals surface area contributed by atoms with Gasteiger partial charge in [0, 0.05) is 28.3 Å². The van der Waals surface area contributed by atoms with E-state index in [1.54, 1.807) is 7.11 Å². The lowest BCUT2D eigenvalue weighted by atomic mass is 9.72. The molecule has 0 radical (unpaired) electrons. The van der Waals surface area contributed by atoms with Gasteiger partial charge in [0.25, 0.3) is 0 Å². The number of ether oxygens (including phenoxy) is 1. The first-order chi connectivity index (χ1) is 14.6. The molecule has 2 atom stereocenters. The largest absolute Gasteiger partial charge is 0.496 e. The van der Waals surface area contributed by atoms with Crippen molar-refractivity contribution in [1.82, 2.24) is 5.16 Å². The van der Waals surface area contributed by atoms with Crippen LogP contribution >= 0.6 is 11.6 Å². The maximum Gasteiger partial charge on any atom is 0.233 e. The number of carbonyl (C=O) groups excluding carboxylic acids is 1. The second kappa shape index (κ2) is 7.33. The van der Waals surface area contributed by atoms with Gasteiger partial charge >= 0.3 is 0 Å². The number of halogens is 1. The highest BCUT2D eigenvalue weighted by atomic mass is 35.5. The van der Waals surface area contributed by atoms with E-state index in [0.717, 1.165) is 39.4 Å². The Balaban J connectivity index is 1.64. The molecular formula is C24H21ClN2O3. The fourth-order valence-corrected chi connectivity index (χ4v) is 4.78. The number of rotatable bonds is 3. The number of nitrogens with one attached hydrogen (secondary N) is 1. The van der Waals surface area contributed by atoms with E-state index < -0.39 is 0 Å². The number of nitrogens with zero attached hydrogens (tertiary/aromatic N) is 1. The molecule has 0 amide bonds. The van der Waals surface area contributed by atoms with Crippen LogP contribution in [-0.2, 0) is 4.79 Å². The molecule has 0 bridgehead atoms. The number of aromatic nitrogens is 1. The Kier molecular flexibility index (Phi) is 4.63. The smallest absolute Gasteiger partial charge is 0.233 e. The highest BCUT2D eigenvalue weighted by Crippen LogP contribution is 2.50. The van der Waals surface area contributed by atoms with Gasteiger partial charge in [0.1, 0.15) is 5.75 Å². The SMILES string of the molecule is COc1ccccc1[C@@H]1C2=C(C[C@H](c3ccc(Cl)cc3)CC2=O)Nc2onc(C)c21. The molecule has 1 aliphatic heterocycles. The third-order valence-electron chi connectivity index (χ3n) is 6.05. The Morgan fingerprint density at radius 1 is 1.13 bits per heavy atom. The number of aryl methyl sites for hydroxylation is 1. The monoisotopic (exact) mass is 420 g/mol. The number of methoxy groups -OCH3 is 1. The standard InChI is InChI=1S/C24H21ClN2O3/c1-13-21-22(17-5-3-4-6-20(17)29-2)23-18(26-24(21)30-27-13)11-15(12-19(23)28)14-7-9-16(25)10-8-14/h3-10,15,22,26H,11-12H2,1-2H3/t15-,22-/m0/s1. The fourth-order valence-electron chi connectivity index (χ4n) is 4.66. The molecule has 2 aromatic carbocycles. The van der Waals surface area contributed by atoms with Gasteiger partial charge in [0.15, 0.2) is 5.78 Å². The van der Waals surface area contributed by atoms with Crippen molar-refractivity contribution in [3.05, 3.63) is 87.2 Å². The molecule has 152 valence electrons. The van der Waals surface area contributed by atoms with Crippen LogP contribution in [0.3, 0.4) is 0 Å². The minimum Gasteiger partial charge on any atom is -0.496 e. The van der Waals surface area contributed by atoms with Crippen molar-refractivity contribution in [2.24, 2.45) is 0 Å². The van der Waals surface area contributed by atoms with Gasteiger partial charge in [0.05, 0.1) is 24.3 Å². The highest BCUT2D eigenvalue weighted by molar-refractivity contribution is 6.30. The number of hydrogen-bond acceptors (Lipinski definition) is 5. The van der Waals surface area contributed by atoms with Gasteiger partial charge < -0.3 is 14.6 Å². The van der Waals surface area contributed by atoms with Gasteiger partial charge in [-0.3, -0.25) is 4.79 Å². The summed E-state index contributed by atoms with van der Waals surface area (Å²) in [7, 11) is 1.65. The van der Waals surface area contributed by atoms with E-state index in [1.807, 2.05) is 55.5 Å². The van der Waals surface area contributed by atoms with Gasteiger partial charge in [-0.1, -0.05) is 47.1 Å². The predicted octanol–water partition coefficient (Wildman–Crippen LogP) is 5.60. The zero-order chi connectivity index (χ0) is 20.8. The molecule has 5 rings (SSSR count). The summed E-state index contributed by atoms with van der Waals surface area (Å²) in [6.07, 6.45) is 1.17. The van der Waals surface area contributed by atoms with E-state index in [9.17, 15) is 4.79 Å². The van der Waals surface area contributed by atoms with E-state index in [0.29, 0.717) is 23.7 Å². The lowest BCUT2D eigenvalue weighted by Crippen LogP contribution is -2.29. The molecule has 3 aromatic rings. The van der Waals surface area contributed by atoms with Crippen molar-refractivity contribution in [2.45, 2.75) is 31.6 Å². The van der Waals surface area contributed by atoms with Gasteiger partial charge in [-0.15, -0.1) is 0 Å². The topological polar surface area (TPSA) is 64.4 Å². The van der Waals surface area contributed by atoms with E-state index in [-0.39, 0.29) is 17.6 Å². The Bertz CT molecular complexity index is 1160. The number of carbonyl (C=O) groups is 1. The van der Waals surface area contributed by atoms with Crippen molar-refractivity contribution in [2.75, 3.05) is 12.4 Å². The third kappa shape index (κ3) is 3.01. The number of para-hydroxylation sites is 1. The quantitative estimate of drug-likeness (QED) is 0.597. The van der Waals surface area contributed by atoms with Crippen LogP contribution in [0.5, 0.6) is 5.75 Å². The first-order valence-corrected chi connectivity index (χ1v) is 10.3. The Morgan fingerprint density at radius 2 is 1.90 bits per heavy atom. The summed E-state index contributed by atoms with van der Waals surface area (Å²) in [4.78, 5) is 13.5. The van der Waals surface area contributed by atoms with Crippen LogP contribution in [0.2, 0.25) is 5.02 Å². The molecule has 0 unspecified atom stereocenters. The van der Waals surface area contributed by atoms with Gasteiger partial charge in [-0.05, 0) is 43.0 Å². The number of anilines is 1. The van der Waals surface area contributed by atoms with E-state index in [2.05, 4.69) is 10.5 Å². The number of ketones is 1. The number of allylic oxidation sites excluding steroid dienone is 2. The molecule has 30 heavy (non-hydrogen) atoms. The molecule has 6 heteroatoms. The van der Waals surface area contributed by atoms with Crippen LogP contribution in [0.4, 0.5) is 5.88 Å². The zero-order valence-electron chi connectivity index (χ0n) is 16.7. The Morgan fingerprint density at radius 3 is 2.67 bits per heavy atom. The molecule has 0 spiro atoms. The van der Waals surface area contributed by atoms with E-state index >= 15 is 0 Å². The normalized spacial score (nSPS) is 20.4. The number of benzene rings is 2. The summed E-state index contributed by atoms with van der Waals surface area (Å²) in [6, 6.07) is 15.6. The van der Waals surface area contributed by atoms with Crippen LogP contribution in [0, 0.1) is 6.92 Å². The van der Waals surface area contributed by atoms with Crippen LogP contribution in [-0.4, -0.2) is 18.0 Å². The average Bonchev–Trinajstić information content (AvgIpc) is 3.13. The van der Waals surface area contributed by atoms with E-state index in [1.165, 1.54) is 0 Å². The molecule has 0 saturated heterocycles. The molecule has 1 aromatic heterocycles. The number of fused-ring (bicyclic) bond motifs is 1. The van der Waals surface area contributed by atoms with Crippen LogP contribution in [0.15, 0.2) is 64.3 Å². The van der Waals surface area contributed by atoms with Gasteiger partial charge in [0.2, 0.25) is 5.88 Å². The number of Topliss-reactive ketones (excluding diaryl/α,β-unsaturated/α-hetero) is 1. The Labute approximate surface area is 179 Å². The molecule has 2 aliphatic rings. The highest BCUT2D eigenvalue weighted by Gasteiger charge is 2.42. The summed E-state index contributed by atoms with van der Waals surface area (Å²) in [5.74, 6) is 1.30. The van der Waals surface area contributed by atoms with Crippen LogP contribution < -0.4 is 10.1 Å². The summed E-state index contributed by atoms with van der Waals surface area (Å²) < 4.78 is 11.2. The average molecular weight is 421 g/mol. The molecule has 1 aliphatic carbocycles. The van der Waals surface area contributed by atoms with Crippen LogP contribution in [0.25, 0.3) is 0 Å². The van der Waals surface area contributed by atoms with Gasteiger partial charge in [-0.2, -0.15) is 0 Å². The second-order valence-electron chi connectivity index (χ2n) is 7.78. The maximum atomic E-state index is 13.5. The molecule has 5 nitrogen and oxygen atoms in total. The number of hydrogen-bond donors (Lipinski definition) is 1. The molecule has 1 N–H and O–H groups in total. The Hall–Kier alpha value is -3.05. The lowest BCUT2D eigenvalue weighted by Gasteiger charge is -2.34. The van der Waals surface area contributed by atoms with Gasteiger partial charge in [-0.25, -0.2) is 0 Å². The maximum absolute atomic E-state index is 13.5. The summed E-state index contributed by atoms with van der Waals surface area (Å²) in [5.41, 5.74) is 5.40. The van der Waals surface area contributed by atoms with E-state index in [4.69, 9.17) is 20.9 Å². The summed E-state index contributed by atoms with van der Waals surface area (Å²) in [5, 5.41) is 8.22. The van der Waals surface area contributed by atoms with Crippen molar-refractivity contribution >= 4 is 23.3 Å². The summed E-state index contributed by atoms with van der Waals surface area (Å²) >= 11 is 6.04. The van der Waals surface area contributed by atoms with Crippen LogP contribution in [0.1, 0.15) is 47.1 Å². The third-order valence-corrected chi connectivity index (χ3v) is 6.30. The second-order valence-corrected chi connectivity index (χ2v) is 8.22. The minimum absolute atomic E-state index is 0.0879. The first-order valence-electron chi connectivity index (χ1n) is 9.94. The first kappa shape index (κ1) is 18.9. The molecule has 0 saturated carbocycles. The zero-order valence-corrected chi connectivity index (χ0v) is 17.5. The molecule has 2 heterocycles. The minimum atomic E-state index is -0.266. The molecule has 0 fully saturated rings. The van der Waals surface area contributed by atoms with Crippen molar-refractivity contribution in [3.8, 4) is 5.75 Å². The van der Waals surface area contributed by atoms with Crippen molar-refractivity contribution in [3.63, 3.8) is 0 Å².